The number of carbonyl (C=O) groups excluding carboxylic acids is 2. The van der Waals surface area contributed by atoms with E-state index in [2.05, 4.69) is 26.2 Å². The third-order valence-electron chi connectivity index (χ3n) is 3.88. The smallest absolute Gasteiger partial charge is 0.196 e. The summed E-state index contributed by atoms with van der Waals surface area (Å²) in [4.78, 5) is 30.4. The lowest BCUT2D eigenvalue weighted by molar-refractivity contribution is 0.0979. The van der Waals surface area contributed by atoms with E-state index in [0.717, 1.165) is 5.56 Å². The molecule has 0 unspecified atom stereocenters. The highest BCUT2D eigenvalue weighted by Crippen LogP contribution is 2.39. The number of rotatable bonds is 1. The predicted octanol–water partition coefficient (Wildman–Crippen LogP) is 3.95. The minimum absolute atomic E-state index is 0.215. The first-order chi connectivity index (χ1) is 12.0. The van der Waals surface area contributed by atoms with Crippen LogP contribution < -0.4 is 5.32 Å². The zero-order valence-electron chi connectivity index (χ0n) is 13.4. The minimum atomic E-state index is -0.245. The molecule has 124 valence electrons. The van der Waals surface area contributed by atoms with E-state index in [4.69, 9.17) is 5.26 Å². The third-order valence-corrected chi connectivity index (χ3v) is 5.09. The summed E-state index contributed by atoms with van der Waals surface area (Å²) in [7, 11) is 0. The normalized spacial score (nSPS) is 13.1. The predicted molar refractivity (Wildman–Crippen MR) is 102 cm³/mol. The summed E-state index contributed by atoms with van der Waals surface area (Å²) in [5.41, 5.74) is 2.47. The van der Waals surface area contributed by atoms with Gasteiger partial charge in [-0.25, -0.2) is 4.99 Å². The molecule has 1 aliphatic rings. The molecule has 0 atom stereocenters. The summed E-state index contributed by atoms with van der Waals surface area (Å²) in [5.74, 6) is -0.460. The van der Waals surface area contributed by atoms with E-state index in [9.17, 15) is 9.59 Å². The van der Waals surface area contributed by atoms with Crippen molar-refractivity contribution in [3.63, 3.8) is 0 Å². The average molecular weight is 414 g/mol. The number of aliphatic imine (C=N–C) groups is 1. The van der Waals surface area contributed by atoms with Gasteiger partial charge in [-0.2, -0.15) is 5.26 Å². The molecule has 25 heavy (non-hydrogen) atoms. The molecular formula is C18H12BrN3O2S. The molecule has 0 fully saturated rings. The fourth-order valence-electron chi connectivity index (χ4n) is 2.78. The van der Waals surface area contributed by atoms with Gasteiger partial charge in [-0.05, 0) is 40.7 Å². The Morgan fingerprint density at radius 3 is 2.36 bits per heavy atom. The summed E-state index contributed by atoms with van der Waals surface area (Å²) in [5, 5.41) is 11.7. The Morgan fingerprint density at radius 2 is 1.80 bits per heavy atom. The second-order valence-electron chi connectivity index (χ2n) is 5.34. The molecular weight excluding hydrogens is 402 g/mol. The van der Waals surface area contributed by atoms with E-state index in [1.54, 1.807) is 36.6 Å². The van der Waals surface area contributed by atoms with Gasteiger partial charge >= 0.3 is 0 Å². The number of benzene rings is 2. The molecule has 1 aliphatic carbocycles. The molecule has 0 spiro atoms. The Labute approximate surface area is 157 Å². The molecule has 1 N–H and O–H groups in total. The quantitative estimate of drug-likeness (QED) is 0.282. The summed E-state index contributed by atoms with van der Waals surface area (Å²) < 4.78 is 0.561. The number of fused-ring (bicyclic) bond motifs is 2. The number of halogens is 1. The number of aryl methyl sites for hydroxylation is 1. The van der Waals surface area contributed by atoms with Gasteiger partial charge in [-0.3, -0.25) is 14.9 Å². The largest absolute Gasteiger partial charge is 0.289 e. The van der Waals surface area contributed by atoms with Gasteiger partial charge in [-0.1, -0.05) is 36.0 Å². The standard InChI is InChI=1S/C18H12BrN3O2S/c1-9-7-12(19)13-14(15(9)22-18(25-2)21-8-20)17(24)11-6-4-3-5-10(11)16(13)23/h3-7H,1-2H3,(H,21,22). The van der Waals surface area contributed by atoms with Gasteiger partial charge in [0.15, 0.2) is 22.9 Å². The molecule has 0 aliphatic heterocycles. The Morgan fingerprint density at radius 1 is 1.20 bits per heavy atom. The van der Waals surface area contributed by atoms with Crippen LogP contribution in [0.4, 0.5) is 5.69 Å². The van der Waals surface area contributed by atoms with Crippen LogP contribution in [0.5, 0.6) is 0 Å². The van der Waals surface area contributed by atoms with E-state index in [1.165, 1.54) is 11.8 Å². The molecule has 0 amide bonds. The molecule has 2 aromatic carbocycles. The van der Waals surface area contributed by atoms with Crippen LogP contribution >= 0.6 is 27.7 Å². The molecule has 0 heterocycles. The van der Waals surface area contributed by atoms with Crippen LogP contribution in [-0.4, -0.2) is 23.0 Å². The van der Waals surface area contributed by atoms with Gasteiger partial charge in [-0.15, -0.1) is 0 Å². The maximum absolute atomic E-state index is 13.1. The van der Waals surface area contributed by atoms with Crippen LogP contribution in [0.3, 0.4) is 0 Å². The second-order valence-corrected chi connectivity index (χ2v) is 6.98. The first-order valence-electron chi connectivity index (χ1n) is 7.29. The third kappa shape index (κ3) is 2.88. The van der Waals surface area contributed by atoms with E-state index < -0.39 is 0 Å². The zero-order chi connectivity index (χ0) is 18.1. The molecule has 3 rings (SSSR count). The summed E-state index contributed by atoms with van der Waals surface area (Å²) in [6.07, 6.45) is 3.59. The van der Waals surface area contributed by atoms with Crippen molar-refractivity contribution in [1.29, 1.82) is 5.26 Å². The fraction of sp³-hybridized carbons (Fsp3) is 0.111. The van der Waals surface area contributed by atoms with Crippen molar-refractivity contribution in [3.8, 4) is 6.19 Å². The highest BCUT2D eigenvalue weighted by atomic mass is 79.9. The first-order valence-corrected chi connectivity index (χ1v) is 9.30. The van der Waals surface area contributed by atoms with Gasteiger partial charge in [0.05, 0.1) is 16.8 Å². The average Bonchev–Trinajstić information content (AvgIpc) is 2.61. The van der Waals surface area contributed by atoms with Crippen LogP contribution in [0.2, 0.25) is 0 Å². The van der Waals surface area contributed by atoms with Crippen molar-refractivity contribution in [2.24, 2.45) is 4.99 Å². The van der Waals surface area contributed by atoms with Crippen molar-refractivity contribution in [1.82, 2.24) is 5.32 Å². The monoisotopic (exact) mass is 413 g/mol. The Bertz CT molecular complexity index is 993. The molecule has 0 saturated heterocycles. The SMILES string of the molecule is CSC(=Nc1c(C)cc(Br)c2c1C(=O)c1ccccc1C2=O)NC#N. The molecule has 0 aromatic heterocycles. The lowest BCUT2D eigenvalue weighted by Crippen LogP contribution is -2.22. The van der Waals surface area contributed by atoms with Crippen molar-refractivity contribution in [2.75, 3.05) is 6.26 Å². The number of nitrogens with zero attached hydrogens (tertiary/aromatic N) is 2. The maximum atomic E-state index is 13.1. The number of hydrogen-bond donors (Lipinski definition) is 1. The van der Waals surface area contributed by atoms with Crippen molar-refractivity contribution >= 4 is 50.1 Å². The lowest BCUT2D eigenvalue weighted by Gasteiger charge is -2.21. The number of hydrogen-bond acceptors (Lipinski definition) is 5. The van der Waals surface area contributed by atoms with Gasteiger partial charge in [0.2, 0.25) is 0 Å². The highest BCUT2D eigenvalue weighted by Gasteiger charge is 2.34. The van der Waals surface area contributed by atoms with Gasteiger partial charge in [0.1, 0.15) is 0 Å². The molecule has 0 radical (unpaired) electrons. The lowest BCUT2D eigenvalue weighted by atomic mass is 9.82. The maximum Gasteiger partial charge on any atom is 0.196 e. The fourth-order valence-corrected chi connectivity index (χ4v) is 3.83. The van der Waals surface area contributed by atoms with Crippen molar-refractivity contribution < 1.29 is 9.59 Å². The molecule has 5 nitrogen and oxygen atoms in total. The Kier molecular flexibility index (Phi) is 4.75. The molecule has 0 bridgehead atoms. The molecule has 2 aromatic rings. The number of nitrogens with one attached hydrogen (secondary N) is 1. The Hall–Kier alpha value is -2.43. The summed E-state index contributed by atoms with van der Waals surface area (Å²) in [6.45, 7) is 1.81. The van der Waals surface area contributed by atoms with Crippen LogP contribution in [0.1, 0.15) is 37.4 Å². The zero-order valence-corrected chi connectivity index (χ0v) is 15.8. The number of amidine groups is 1. The first kappa shape index (κ1) is 17.4. The molecule has 0 saturated carbocycles. The topological polar surface area (TPSA) is 82.3 Å². The number of ketones is 2. The summed E-state index contributed by atoms with van der Waals surface area (Å²) >= 11 is 4.66. The van der Waals surface area contributed by atoms with Crippen molar-refractivity contribution in [3.05, 3.63) is 62.6 Å². The van der Waals surface area contributed by atoms with E-state index in [-0.39, 0.29) is 17.1 Å². The second kappa shape index (κ2) is 6.82. The van der Waals surface area contributed by atoms with Crippen LogP contribution in [0, 0.1) is 18.4 Å². The van der Waals surface area contributed by atoms with E-state index in [1.807, 2.05) is 13.1 Å². The van der Waals surface area contributed by atoms with Gasteiger partial charge in [0.25, 0.3) is 0 Å². The minimum Gasteiger partial charge on any atom is -0.289 e. The van der Waals surface area contributed by atoms with E-state index >= 15 is 0 Å². The summed E-state index contributed by atoms with van der Waals surface area (Å²) in [6, 6.07) is 8.52. The highest BCUT2D eigenvalue weighted by molar-refractivity contribution is 9.10. The Balaban J connectivity index is 2.33. The van der Waals surface area contributed by atoms with Crippen molar-refractivity contribution in [2.45, 2.75) is 6.92 Å². The number of thioether (sulfide) groups is 1. The van der Waals surface area contributed by atoms with Crippen LogP contribution in [0.15, 0.2) is 39.8 Å². The van der Waals surface area contributed by atoms with Gasteiger partial charge < -0.3 is 0 Å². The number of nitriles is 1. The number of carbonyl (C=O) groups is 2. The van der Waals surface area contributed by atoms with Crippen LogP contribution in [-0.2, 0) is 0 Å². The van der Waals surface area contributed by atoms with Crippen LogP contribution in [0.25, 0.3) is 0 Å². The molecule has 7 heteroatoms. The van der Waals surface area contributed by atoms with Gasteiger partial charge in [0, 0.05) is 15.6 Å². The van der Waals surface area contributed by atoms with E-state index in [0.29, 0.717) is 32.0 Å².